The van der Waals surface area contributed by atoms with Crippen LogP contribution in [0.4, 0.5) is 0 Å². The Morgan fingerprint density at radius 3 is 3.11 bits per heavy atom. The van der Waals surface area contributed by atoms with E-state index >= 15 is 0 Å². The molecule has 1 rings (SSSR count). The van der Waals surface area contributed by atoms with Gasteiger partial charge in [-0.2, -0.15) is 0 Å². The largest absolute Gasteiger partial charge is 0.376 e. The first-order valence-corrected chi connectivity index (χ1v) is 3.35. The highest BCUT2D eigenvalue weighted by molar-refractivity contribution is 9.18. The molecule has 3 nitrogen and oxygen atoms in total. The first kappa shape index (κ1) is 6.77. The minimum atomic E-state index is 0.0281. The molecule has 0 aromatic carbocycles. The van der Waals surface area contributed by atoms with Crippen LogP contribution in [0.25, 0.3) is 0 Å². The second-order valence-electron chi connectivity index (χ2n) is 1.67. The van der Waals surface area contributed by atoms with Gasteiger partial charge in [-0.15, -0.1) is 0 Å². The smallest absolute Gasteiger partial charge is 0.116 e. The van der Waals surface area contributed by atoms with Gasteiger partial charge in [0.2, 0.25) is 0 Å². The summed E-state index contributed by atoms with van der Waals surface area (Å²) in [6.07, 6.45) is 3.58. The summed E-state index contributed by atoms with van der Waals surface area (Å²) in [5.74, 6) is 0. The molecule has 0 radical (unpaired) electrons. The number of aliphatic imine (C=N–C) groups is 1. The van der Waals surface area contributed by atoms with Gasteiger partial charge in [0.1, 0.15) is 18.0 Å². The summed E-state index contributed by atoms with van der Waals surface area (Å²) in [5.41, 5.74) is 0. The number of hydrogen-bond acceptors (Lipinski definition) is 3. The monoisotopic (exact) mass is 190 g/mol. The van der Waals surface area contributed by atoms with Crippen LogP contribution in [0.3, 0.4) is 0 Å². The van der Waals surface area contributed by atoms with Crippen molar-refractivity contribution in [1.82, 2.24) is 4.90 Å². The van der Waals surface area contributed by atoms with E-state index < -0.39 is 0 Å². The molecule has 1 N–H and O–H groups in total. The van der Waals surface area contributed by atoms with Crippen LogP contribution >= 0.6 is 15.9 Å². The van der Waals surface area contributed by atoms with Gasteiger partial charge in [0, 0.05) is 6.20 Å². The van der Waals surface area contributed by atoms with E-state index in [1.165, 1.54) is 0 Å². The molecular formula is C5H7BrN2O. The summed E-state index contributed by atoms with van der Waals surface area (Å²) in [6.45, 7) is 0.563. The van der Waals surface area contributed by atoms with Crippen LogP contribution in [0.1, 0.15) is 0 Å². The second-order valence-corrected chi connectivity index (χ2v) is 2.48. The maximum Gasteiger partial charge on any atom is 0.116 e. The van der Waals surface area contributed by atoms with Crippen molar-refractivity contribution in [3.8, 4) is 0 Å². The summed E-state index contributed by atoms with van der Waals surface area (Å²) in [7, 11) is 0. The van der Waals surface area contributed by atoms with Crippen molar-refractivity contribution in [2.45, 2.75) is 0 Å². The Labute approximate surface area is 61.8 Å². The van der Waals surface area contributed by atoms with Gasteiger partial charge in [-0.3, -0.25) is 4.99 Å². The van der Waals surface area contributed by atoms with Crippen LogP contribution in [0.15, 0.2) is 17.3 Å². The van der Waals surface area contributed by atoms with Crippen LogP contribution in [-0.2, 0) is 0 Å². The van der Waals surface area contributed by atoms with E-state index in [1.54, 1.807) is 17.2 Å². The van der Waals surface area contributed by atoms with E-state index in [4.69, 9.17) is 5.11 Å². The lowest BCUT2D eigenvalue weighted by atomic mass is 10.5. The van der Waals surface area contributed by atoms with Crippen LogP contribution < -0.4 is 0 Å². The first-order chi connectivity index (χ1) is 4.33. The van der Waals surface area contributed by atoms with E-state index in [1.807, 2.05) is 0 Å². The minimum Gasteiger partial charge on any atom is -0.376 e. The Hall–Kier alpha value is -0.350. The fraction of sp³-hybridized carbons (Fsp3) is 0.400. The lowest BCUT2D eigenvalue weighted by Crippen LogP contribution is -2.21. The number of halogens is 1. The quantitative estimate of drug-likeness (QED) is 0.655. The first-order valence-electron chi connectivity index (χ1n) is 2.56. The summed E-state index contributed by atoms with van der Waals surface area (Å²) < 4.78 is 0.826. The number of nitrogens with zero attached hydrogens (tertiary/aromatic N) is 2. The van der Waals surface area contributed by atoms with Gasteiger partial charge in [-0.25, -0.2) is 0 Å². The van der Waals surface area contributed by atoms with Gasteiger partial charge in [-0.05, 0) is 22.0 Å². The van der Waals surface area contributed by atoms with Gasteiger partial charge < -0.3 is 10.0 Å². The van der Waals surface area contributed by atoms with Crippen LogP contribution in [-0.4, -0.2) is 28.0 Å². The van der Waals surface area contributed by atoms with Crippen molar-refractivity contribution >= 4 is 20.6 Å². The number of allylic oxidation sites excluding steroid dienone is 1. The fourth-order valence-corrected chi connectivity index (χ4v) is 0.747. The maximum absolute atomic E-state index is 8.57. The Morgan fingerprint density at radius 1 is 1.89 bits per heavy atom. The summed E-state index contributed by atoms with van der Waals surface area (Å²) >= 11 is 3.20. The van der Waals surface area contributed by atoms with E-state index in [0.717, 1.165) is 4.62 Å². The normalized spacial score (nSPS) is 18.0. The average Bonchev–Trinajstić information content (AvgIpc) is 1.90. The number of rotatable bonds is 1. The van der Waals surface area contributed by atoms with Crippen LogP contribution in [0, 0.1) is 0 Å². The molecule has 0 saturated carbocycles. The van der Waals surface area contributed by atoms with Gasteiger partial charge in [0.25, 0.3) is 0 Å². The molecule has 0 unspecified atom stereocenters. The van der Waals surface area contributed by atoms with Gasteiger partial charge in [0.15, 0.2) is 0 Å². The van der Waals surface area contributed by atoms with Crippen LogP contribution in [0.2, 0.25) is 0 Å². The standard InChI is InChI=1S/C5H7BrN2O/c6-5-1-2-8(4-9)3-7-5/h1-2,9H,3-4H2. The molecule has 4 heteroatoms. The molecule has 0 aromatic heterocycles. The molecule has 1 aliphatic heterocycles. The average molecular weight is 191 g/mol. The SMILES string of the molecule is OCN1C=CC(Br)=NC1. The molecule has 50 valence electrons. The van der Waals surface area contributed by atoms with Crippen molar-refractivity contribution in [3.05, 3.63) is 12.3 Å². The predicted molar refractivity (Wildman–Crippen MR) is 39.3 cm³/mol. The molecule has 0 saturated heterocycles. The van der Waals surface area contributed by atoms with E-state index in [9.17, 15) is 0 Å². The summed E-state index contributed by atoms with van der Waals surface area (Å²) in [6, 6.07) is 0. The minimum absolute atomic E-state index is 0.0281. The molecule has 0 fully saturated rings. The number of hydrogen-bond donors (Lipinski definition) is 1. The molecular weight excluding hydrogens is 184 g/mol. The zero-order valence-corrected chi connectivity index (χ0v) is 6.37. The fourth-order valence-electron chi connectivity index (χ4n) is 0.517. The summed E-state index contributed by atoms with van der Waals surface area (Å²) in [4.78, 5) is 5.68. The predicted octanol–water partition coefficient (Wildman–Crippen LogP) is 0.516. The van der Waals surface area contributed by atoms with Crippen molar-refractivity contribution in [1.29, 1.82) is 0 Å². The van der Waals surface area contributed by atoms with Crippen molar-refractivity contribution in [2.75, 3.05) is 13.4 Å². The molecule has 0 spiro atoms. The third kappa shape index (κ3) is 1.80. The highest BCUT2D eigenvalue weighted by atomic mass is 79.9. The zero-order valence-electron chi connectivity index (χ0n) is 4.79. The summed E-state index contributed by atoms with van der Waals surface area (Å²) in [5, 5.41) is 8.57. The number of aliphatic hydroxyl groups is 1. The van der Waals surface area contributed by atoms with Crippen molar-refractivity contribution < 1.29 is 5.11 Å². The molecule has 0 aliphatic carbocycles. The molecule has 0 atom stereocenters. The highest BCUT2D eigenvalue weighted by Crippen LogP contribution is 2.01. The maximum atomic E-state index is 8.57. The molecule has 0 amide bonds. The lowest BCUT2D eigenvalue weighted by molar-refractivity contribution is 0.154. The molecule has 0 bridgehead atoms. The topological polar surface area (TPSA) is 35.8 Å². The molecule has 9 heavy (non-hydrogen) atoms. The third-order valence-corrected chi connectivity index (χ3v) is 1.52. The highest BCUT2D eigenvalue weighted by Gasteiger charge is 1.99. The van der Waals surface area contributed by atoms with E-state index in [0.29, 0.717) is 6.67 Å². The molecule has 1 aliphatic rings. The lowest BCUT2D eigenvalue weighted by Gasteiger charge is -2.16. The molecule has 1 heterocycles. The van der Waals surface area contributed by atoms with Crippen molar-refractivity contribution in [3.63, 3.8) is 0 Å². The zero-order chi connectivity index (χ0) is 6.69. The van der Waals surface area contributed by atoms with Gasteiger partial charge in [-0.1, -0.05) is 0 Å². The third-order valence-electron chi connectivity index (χ3n) is 1.01. The Kier molecular flexibility index (Phi) is 2.24. The van der Waals surface area contributed by atoms with E-state index in [-0.39, 0.29) is 6.73 Å². The van der Waals surface area contributed by atoms with E-state index in [2.05, 4.69) is 20.9 Å². The van der Waals surface area contributed by atoms with Crippen molar-refractivity contribution in [2.24, 2.45) is 4.99 Å². The Balaban J connectivity index is 2.48. The van der Waals surface area contributed by atoms with Crippen LogP contribution in [0.5, 0.6) is 0 Å². The van der Waals surface area contributed by atoms with Gasteiger partial charge >= 0.3 is 0 Å². The second kappa shape index (κ2) is 2.98. The van der Waals surface area contributed by atoms with Gasteiger partial charge in [0.05, 0.1) is 0 Å². The Morgan fingerprint density at radius 2 is 2.67 bits per heavy atom. The molecule has 0 aromatic rings. The Bertz CT molecular complexity index is 155. The number of aliphatic hydroxyl groups excluding tert-OH is 1.